The predicted octanol–water partition coefficient (Wildman–Crippen LogP) is 2.29. The molecule has 4 heteroatoms. The highest BCUT2D eigenvalue weighted by atomic mass is 32.2. The third-order valence-corrected chi connectivity index (χ3v) is 3.07. The number of pyridine rings is 1. The number of aliphatic imine (C=N–C) groups is 1. The van der Waals surface area contributed by atoms with E-state index in [-0.39, 0.29) is 0 Å². The summed E-state index contributed by atoms with van der Waals surface area (Å²) in [6, 6.07) is 2.00. The fourth-order valence-corrected chi connectivity index (χ4v) is 2.08. The fraction of sp³-hybridized carbons (Fsp3) is 0.400. The Balaban J connectivity index is 2.10. The summed E-state index contributed by atoms with van der Waals surface area (Å²) in [6.45, 7) is 3.01. The van der Waals surface area contributed by atoms with Crippen LogP contribution in [0.5, 0.6) is 0 Å². The van der Waals surface area contributed by atoms with Crippen molar-refractivity contribution in [2.24, 2.45) is 4.99 Å². The number of hydrogen-bond acceptors (Lipinski definition) is 4. The second kappa shape index (κ2) is 4.46. The normalized spacial score (nSPS) is 16.2. The maximum absolute atomic E-state index is 4.41. The molecule has 0 spiro atoms. The molecule has 0 aromatic carbocycles. The quantitative estimate of drug-likeness (QED) is 0.767. The smallest absolute Gasteiger partial charge is 0.161 e. The molecule has 1 aliphatic rings. The Labute approximate surface area is 88.0 Å². The lowest BCUT2D eigenvalue weighted by molar-refractivity contribution is 0.938. The lowest BCUT2D eigenvalue weighted by Crippen LogP contribution is -2.14. The van der Waals surface area contributed by atoms with Gasteiger partial charge < -0.3 is 5.32 Å². The summed E-state index contributed by atoms with van der Waals surface area (Å²) in [5, 5.41) is 4.32. The summed E-state index contributed by atoms with van der Waals surface area (Å²) in [7, 11) is 0. The highest BCUT2D eigenvalue weighted by Crippen LogP contribution is 2.17. The lowest BCUT2D eigenvalue weighted by Gasteiger charge is -2.14. The van der Waals surface area contributed by atoms with Gasteiger partial charge in [0.1, 0.15) is 0 Å². The zero-order valence-corrected chi connectivity index (χ0v) is 8.97. The van der Waals surface area contributed by atoms with Gasteiger partial charge in [0, 0.05) is 18.5 Å². The summed E-state index contributed by atoms with van der Waals surface area (Å²) < 4.78 is 0. The molecule has 74 valence electrons. The lowest BCUT2D eigenvalue weighted by atomic mass is 10.2. The maximum atomic E-state index is 4.41. The van der Waals surface area contributed by atoms with Crippen LogP contribution in [-0.2, 0) is 0 Å². The number of hydrogen-bond donors (Lipinski definition) is 1. The first-order valence-corrected chi connectivity index (χ1v) is 5.70. The summed E-state index contributed by atoms with van der Waals surface area (Å²) in [5.41, 5.74) is 2.26. The predicted molar refractivity (Wildman–Crippen MR) is 62.0 cm³/mol. The Bertz CT molecular complexity index is 349. The van der Waals surface area contributed by atoms with Gasteiger partial charge in [0.05, 0.1) is 11.9 Å². The molecule has 0 amide bonds. The Morgan fingerprint density at radius 1 is 1.50 bits per heavy atom. The zero-order chi connectivity index (χ0) is 9.80. The van der Waals surface area contributed by atoms with E-state index < -0.39 is 0 Å². The van der Waals surface area contributed by atoms with Crippen LogP contribution in [-0.4, -0.2) is 22.4 Å². The first-order chi connectivity index (χ1) is 6.86. The van der Waals surface area contributed by atoms with E-state index in [0.717, 1.165) is 23.2 Å². The molecular formula is C10H13N3S. The van der Waals surface area contributed by atoms with Crippen molar-refractivity contribution in [2.45, 2.75) is 13.3 Å². The molecule has 0 aliphatic carbocycles. The Morgan fingerprint density at radius 2 is 2.43 bits per heavy atom. The van der Waals surface area contributed by atoms with E-state index in [9.17, 15) is 0 Å². The summed E-state index contributed by atoms with van der Waals surface area (Å²) in [4.78, 5) is 8.49. The van der Waals surface area contributed by atoms with E-state index in [0.29, 0.717) is 0 Å². The summed E-state index contributed by atoms with van der Waals surface area (Å²) in [6.07, 6.45) is 4.82. The van der Waals surface area contributed by atoms with Gasteiger partial charge >= 0.3 is 0 Å². The van der Waals surface area contributed by atoms with Gasteiger partial charge in [0.2, 0.25) is 0 Å². The molecule has 0 atom stereocenters. The van der Waals surface area contributed by atoms with Gasteiger partial charge in [-0.15, -0.1) is 0 Å². The molecule has 0 fully saturated rings. The van der Waals surface area contributed by atoms with Crippen molar-refractivity contribution in [2.75, 3.05) is 17.6 Å². The fourth-order valence-electron chi connectivity index (χ4n) is 1.25. The summed E-state index contributed by atoms with van der Waals surface area (Å²) >= 11 is 1.78. The molecule has 1 aliphatic heterocycles. The van der Waals surface area contributed by atoms with E-state index in [1.807, 2.05) is 12.3 Å². The minimum Gasteiger partial charge on any atom is -0.334 e. The number of anilines is 1. The molecule has 0 saturated carbocycles. The van der Waals surface area contributed by atoms with Crippen molar-refractivity contribution in [1.29, 1.82) is 0 Å². The van der Waals surface area contributed by atoms with Crippen molar-refractivity contribution >= 4 is 22.6 Å². The SMILES string of the molecule is Cc1ccncc1NC1=NCCCS1. The number of aryl methyl sites for hydroxylation is 1. The number of amidine groups is 1. The van der Waals surface area contributed by atoms with Gasteiger partial charge in [-0.25, -0.2) is 0 Å². The number of nitrogens with zero attached hydrogens (tertiary/aromatic N) is 2. The van der Waals surface area contributed by atoms with E-state index in [2.05, 4.69) is 22.2 Å². The van der Waals surface area contributed by atoms with Crippen molar-refractivity contribution in [3.63, 3.8) is 0 Å². The number of aromatic nitrogens is 1. The topological polar surface area (TPSA) is 37.3 Å². The van der Waals surface area contributed by atoms with Crippen LogP contribution in [0, 0.1) is 6.92 Å². The van der Waals surface area contributed by atoms with Gasteiger partial charge in [-0.2, -0.15) is 0 Å². The van der Waals surface area contributed by atoms with E-state index in [4.69, 9.17) is 0 Å². The summed E-state index contributed by atoms with van der Waals surface area (Å²) in [5.74, 6) is 1.16. The van der Waals surface area contributed by atoms with Crippen LogP contribution in [0.4, 0.5) is 5.69 Å². The highest BCUT2D eigenvalue weighted by molar-refractivity contribution is 8.14. The second-order valence-corrected chi connectivity index (χ2v) is 4.29. The van der Waals surface area contributed by atoms with Crippen LogP contribution in [0.25, 0.3) is 0 Å². The molecule has 0 saturated heterocycles. The standard InChI is InChI=1S/C10H13N3S/c1-8-3-5-11-7-9(8)13-10-12-4-2-6-14-10/h3,5,7H,2,4,6H2,1H3,(H,12,13). The Hall–Kier alpha value is -1.03. The molecule has 3 nitrogen and oxygen atoms in total. The van der Waals surface area contributed by atoms with Crippen LogP contribution in [0.1, 0.15) is 12.0 Å². The second-order valence-electron chi connectivity index (χ2n) is 3.20. The molecule has 1 aromatic rings. The Kier molecular flexibility index (Phi) is 3.03. The third-order valence-electron chi connectivity index (χ3n) is 2.08. The number of rotatable bonds is 1. The van der Waals surface area contributed by atoms with Gasteiger partial charge in [0.15, 0.2) is 5.17 Å². The molecule has 0 unspecified atom stereocenters. The van der Waals surface area contributed by atoms with Crippen LogP contribution in [0.15, 0.2) is 23.5 Å². The molecule has 2 heterocycles. The van der Waals surface area contributed by atoms with Gasteiger partial charge in [-0.05, 0) is 25.0 Å². The van der Waals surface area contributed by atoms with Gasteiger partial charge in [-0.1, -0.05) is 11.8 Å². The van der Waals surface area contributed by atoms with E-state index in [1.54, 1.807) is 18.0 Å². The molecule has 1 aromatic heterocycles. The first kappa shape index (κ1) is 9.52. The average molecular weight is 207 g/mol. The molecule has 1 N–H and O–H groups in total. The van der Waals surface area contributed by atoms with Crippen molar-refractivity contribution < 1.29 is 0 Å². The monoisotopic (exact) mass is 207 g/mol. The third kappa shape index (κ3) is 2.26. The Morgan fingerprint density at radius 3 is 3.14 bits per heavy atom. The molecule has 0 bridgehead atoms. The molecule has 2 rings (SSSR count). The molecule has 0 radical (unpaired) electrons. The van der Waals surface area contributed by atoms with Crippen LogP contribution in [0.2, 0.25) is 0 Å². The average Bonchev–Trinajstić information content (AvgIpc) is 2.23. The van der Waals surface area contributed by atoms with Crippen LogP contribution < -0.4 is 5.32 Å². The molecule has 14 heavy (non-hydrogen) atoms. The van der Waals surface area contributed by atoms with Gasteiger partial charge in [0.25, 0.3) is 0 Å². The van der Waals surface area contributed by atoms with Crippen molar-refractivity contribution in [3.8, 4) is 0 Å². The van der Waals surface area contributed by atoms with Crippen LogP contribution >= 0.6 is 11.8 Å². The number of nitrogens with one attached hydrogen (secondary N) is 1. The van der Waals surface area contributed by atoms with Crippen molar-refractivity contribution in [1.82, 2.24) is 4.98 Å². The zero-order valence-electron chi connectivity index (χ0n) is 8.16. The van der Waals surface area contributed by atoms with Gasteiger partial charge in [-0.3, -0.25) is 9.98 Å². The van der Waals surface area contributed by atoms with E-state index >= 15 is 0 Å². The largest absolute Gasteiger partial charge is 0.334 e. The minimum atomic E-state index is 0.939. The van der Waals surface area contributed by atoms with E-state index in [1.165, 1.54) is 12.0 Å². The van der Waals surface area contributed by atoms with Crippen LogP contribution in [0.3, 0.4) is 0 Å². The maximum Gasteiger partial charge on any atom is 0.161 e. The first-order valence-electron chi connectivity index (χ1n) is 4.71. The molecular weight excluding hydrogens is 194 g/mol. The van der Waals surface area contributed by atoms with Crippen molar-refractivity contribution in [3.05, 3.63) is 24.0 Å². The minimum absolute atomic E-state index is 0.939. The highest BCUT2D eigenvalue weighted by Gasteiger charge is 2.06. The number of thioether (sulfide) groups is 1.